The molecule has 0 spiro atoms. The molecule has 0 amide bonds. The minimum absolute atomic E-state index is 1.06. The van der Waals surface area contributed by atoms with Crippen LogP contribution in [0.4, 0.5) is 0 Å². The average molecular weight is 236 g/mol. The van der Waals surface area contributed by atoms with Gasteiger partial charge in [-0.3, -0.25) is 0 Å². The highest BCUT2D eigenvalue weighted by atomic mass is 32.1. The molecule has 0 bridgehead atoms. The third kappa shape index (κ3) is 1.20. The molecule has 2 nitrogen and oxygen atoms in total. The van der Waals surface area contributed by atoms with Crippen LogP contribution >= 0.6 is 11.3 Å². The Labute approximate surface area is 102 Å². The number of thiophene rings is 1. The smallest absolute Gasteiger partial charge is 0.127 e. The summed E-state index contributed by atoms with van der Waals surface area (Å²) in [6, 6.07) is 12.8. The van der Waals surface area contributed by atoms with Crippen LogP contribution in [-0.2, 0) is 0 Å². The first kappa shape index (κ1) is 9.07. The monoisotopic (exact) mass is 236 g/mol. The highest BCUT2D eigenvalue weighted by Crippen LogP contribution is 2.36. The molecule has 17 heavy (non-hydrogen) atoms. The van der Waals surface area contributed by atoms with E-state index >= 15 is 0 Å². The molecular weight excluding hydrogens is 228 g/mol. The summed E-state index contributed by atoms with van der Waals surface area (Å²) in [6.45, 7) is 0. The molecular formula is C14H8N2S. The van der Waals surface area contributed by atoms with E-state index in [0.717, 1.165) is 10.2 Å². The van der Waals surface area contributed by atoms with Crippen molar-refractivity contribution in [3.05, 3.63) is 48.9 Å². The van der Waals surface area contributed by atoms with E-state index in [9.17, 15) is 0 Å². The highest BCUT2D eigenvalue weighted by Gasteiger charge is 2.08. The lowest BCUT2D eigenvalue weighted by molar-refractivity contribution is 1.24. The van der Waals surface area contributed by atoms with Crippen molar-refractivity contribution in [2.75, 3.05) is 0 Å². The van der Waals surface area contributed by atoms with E-state index in [4.69, 9.17) is 0 Å². The van der Waals surface area contributed by atoms with Crippen LogP contribution < -0.4 is 0 Å². The lowest BCUT2D eigenvalue weighted by Gasteiger charge is -1.99. The quantitative estimate of drug-likeness (QED) is 0.461. The van der Waals surface area contributed by atoms with Crippen molar-refractivity contribution in [3.63, 3.8) is 0 Å². The van der Waals surface area contributed by atoms with Crippen LogP contribution in [0.1, 0.15) is 0 Å². The average Bonchev–Trinajstić information content (AvgIpc) is 2.77. The Kier molecular flexibility index (Phi) is 1.73. The maximum Gasteiger partial charge on any atom is 0.127 e. The van der Waals surface area contributed by atoms with Crippen molar-refractivity contribution in [2.24, 2.45) is 0 Å². The highest BCUT2D eigenvalue weighted by molar-refractivity contribution is 7.25. The standard InChI is InChI=1S/C14H8N2S/c1-2-4-10-9(3-1)5-6-12-13(10)11-7-15-8-16-14(11)17-12/h1-8H. The van der Waals surface area contributed by atoms with Crippen molar-refractivity contribution < 1.29 is 0 Å². The summed E-state index contributed by atoms with van der Waals surface area (Å²) < 4.78 is 1.28. The molecule has 0 saturated carbocycles. The fourth-order valence-corrected chi connectivity index (χ4v) is 3.32. The molecule has 0 N–H and O–H groups in total. The molecule has 2 heterocycles. The van der Waals surface area contributed by atoms with Crippen LogP contribution in [0.25, 0.3) is 31.1 Å². The van der Waals surface area contributed by atoms with Crippen LogP contribution in [0.15, 0.2) is 48.9 Å². The van der Waals surface area contributed by atoms with Gasteiger partial charge in [-0.15, -0.1) is 11.3 Å². The molecule has 0 unspecified atom stereocenters. The number of aromatic nitrogens is 2. The zero-order valence-corrected chi connectivity index (χ0v) is 9.74. The molecule has 3 heteroatoms. The zero-order valence-electron chi connectivity index (χ0n) is 8.92. The normalized spacial score (nSPS) is 11.5. The van der Waals surface area contributed by atoms with Crippen molar-refractivity contribution >= 4 is 42.4 Å². The second-order valence-electron chi connectivity index (χ2n) is 4.00. The van der Waals surface area contributed by atoms with Gasteiger partial charge in [0.1, 0.15) is 11.2 Å². The molecule has 2 aromatic heterocycles. The van der Waals surface area contributed by atoms with Gasteiger partial charge in [0.05, 0.1) is 0 Å². The van der Waals surface area contributed by atoms with Crippen molar-refractivity contribution in [3.8, 4) is 0 Å². The van der Waals surface area contributed by atoms with Gasteiger partial charge in [-0.05, 0) is 16.8 Å². The molecule has 4 aromatic rings. The molecule has 2 aromatic carbocycles. The van der Waals surface area contributed by atoms with Crippen LogP contribution in [0.2, 0.25) is 0 Å². The molecule has 0 aliphatic heterocycles. The van der Waals surface area contributed by atoms with E-state index in [2.05, 4.69) is 46.4 Å². The third-order valence-electron chi connectivity index (χ3n) is 3.04. The van der Waals surface area contributed by atoms with Gasteiger partial charge in [0.2, 0.25) is 0 Å². The van der Waals surface area contributed by atoms with Gasteiger partial charge in [0.25, 0.3) is 0 Å². The van der Waals surface area contributed by atoms with Crippen molar-refractivity contribution in [2.45, 2.75) is 0 Å². The van der Waals surface area contributed by atoms with Crippen LogP contribution in [-0.4, -0.2) is 9.97 Å². The Morgan fingerprint density at radius 2 is 1.88 bits per heavy atom. The summed E-state index contributed by atoms with van der Waals surface area (Å²) in [5, 5.41) is 4.99. The zero-order chi connectivity index (χ0) is 11.2. The van der Waals surface area contributed by atoms with Crippen molar-refractivity contribution in [1.29, 1.82) is 0 Å². The lowest BCUT2D eigenvalue weighted by atomic mass is 10.1. The minimum Gasteiger partial charge on any atom is -0.244 e. The van der Waals surface area contributed by atoms with E-state index in [1.54, 1.807) is 17.7 Å². The molecule has 4 rings (SSSR count). The van der Waals surface area contributed by atoms with Gasteiger partial charge >= 0.3 is 0 Å². The molecule has 0 aliphatic rings. The molecule has 0 atom stereocenters. The Balaban J connectivity index is 2.38. The third-order valence-corrected chi connectivity index (χ3v) is 4.12. The number of benzene rings is 2. The van der Waals surface area contributed by atoms with Gasteiger partial charge in [0.15, 0.2) is 0 Å². The fraction of sp³-hybridized carbons (Fsp3) is 0. The Morgan fingerprint density at radius 1 is 0.941 bits per heavy atom. The van der Waals surface area contributed by atoms with Gasteiger partial charge in [0, 0.05) is 21.7 Å². The summed E-state index contributed by atoms with van der Waals surface area (Å²) in [5.74, 6) is 0. The maximum atomic E-state index is 4.33. The van der Waals surface area contributed by atoms with Gasteiger partial charge in [-0.25, -0.2) is 9.97 Å². The summed E-state index contributed by atoms with van der Waals surface area (Å²) in [4.78, 5) is 9.53. The summed E-state index contributed by atoms with van der Waals surface area (Å²) in [6.07, 6.45) is 3.52. The number of hydrogen-bond donors (Lipinski definition) is 0. The summed E-state index contributed by atoms with van der Waals surface area (Å²) in [5.41, 5.74) is 0. The second-order valence-corrected chi connectivity index (χ2v) is 5.03. The molecule has 0 aliphatic carbocycles. The Bertz CT molecular complexity index is 842. The molecule has 0 fully saturated rings. The van der Waals surface area contributed by atoms with Gasteiger partial charge in [-0.2, -0.15) is 0 Å². The minimum atomic E-state index is 1.06. The maximum absolute atomic E-state index is 4.33. The van der Waals surface area contributed by atoms with Crippen molar-refractivity contribution in [1.82, 2.24) is 9.97 Å². The number of fused-ring (bicyclic) bond motifs is 5. The first-order valence-electron chi connectivity index (χ1n) is 5.43. The van der Waals surface area contributed by atoms with E-state index in [1.165, 1.54) is 20.9 Å². The van der Waals surface area contributed by atoms with Crippen LogP contribution in [0.5, 0.6) is 0 Å². The Hall–Kier alpha value is -2.00. The first-order chi connectivity index (χ1) is 8.43. The van der Waals surface area contributed by atoms with Gasteiger partial charge < -0.3 is 0 Å². The molecule has 0 saturated heterocycles. The molecule has 80 valence electrons. The first-order valence-corrected chi connectivity index (χ1v) is 6.25. The number of nitrogens with zero attached hydrogens (tertiary/aromatic N) is 2. The van der Waals surface area contributed by atoms with Crippen LogP contribution in [0.3, 0.4) is 0 Å². The second kappa shape index (κ2) is 3.25. The van der Waals surface area contributed by atoms with E-state index < -0.39 is 0 Å². The van der Waals surface area contributed by atoms with E-state index in [1.807, 2.05) is 6.20 Å². The largest absolute Gasteiger partial charge is 0.244 e. The summed E-state index contributed by atoms with van der Waals surface area (Å²) >= 11 is 1.73. The van der Waals surface area contributed by atoms with E-state index in [-0.39, 0.29) is 0 Å². The SMILES string of the molecule is c1ccc2c(c1)ccc1sc3ncncc3c12. The fourth-order valence-electron chi connectivity index (χ4n) is 2.29. The number of hydrogen-bond acceptors (Lipinski definition) is 3. The predicted octanol–water partition coefficient (Wildman–Crippen LogP) is 4.00. The van der Waals surface area contributed by atoms with Crippen LogP contribution in [0, 0.1) is 0 Å². The predicted molar refractivity (Wildman–Crippen MR) is 72.4 cm³/mol. The Morgan fingerprint density at radius 3 is 2.88 bits per heavy atom. The molecule has 0 radical (unpaired) electrons. The topological polar surface area (TPSA) is 25.8 Å². The lowest BCUT2D eigenvalue weighted by Crippen LogP contribution is -1.76. The van der Waals surface area contributed by atoms with E-state index in [0.29, 0.717) is 0 Å². The van der Waals surface area contributed by atoms with Gasteiger partial charge in [-0.1, -0.05) is 30.3 Å². The summed E-state index contributed by atoms with van der Waals surface area (Å²) in [7, 11) is 0. The number of rotatable bonds is 0.